The van der Waals surface area contributed by atoms with Crippen molar-refractivity contribution in [1.82, 2.24) is 14.6 Å². The molecule has 0 saturated carbocycles. The molecule has 0 amide bonds. The summed E-state index contributed by atoms with van der Waals surface area (Å²) < 4.78 is 66.9. The van der Waals surface area contributed by atoms with Crippen LogP contribution < -0.4 is 0 Å². The van der Waals surface area contributed by atoms with Crippen molar-refractivity contribution in [2.24, 2.45) is 4.99 Å². The summed E-state index contributed by atoms with van der Waals surface area (Å²) in [5.74, 6) is -0.262. The zero-order valence-electron chi connectivity index (χ0n) is 17.0. The lowest BCUT2D eigenvalue weighted by Gasteiger charge is -2.28. The topological polar surface area (TPSA) is 330 Å². The molecule has 5 unspecified atom stereocenters. The largest absolute Gasteiger partial charge is 0.502 e. The molecule has 0 bridgehead atoms. The van der Waals surface area contributed by atoms with E-state index >= 15 is 0 Å². The Morgan fingerprint density at radius 1 is 0.917 bits per heavy atom. The number of aliphatic imine (C=N–C) groups is 1. The highest BCUT2D eigenvalue weighted by Crippen LogP contribution is 2.66. The predicted octanol–water partition coefficient (Wildman–Crippen LogP) is -2.16. The van der Waals surface area contributed by atoms with E-state index in [1.54, 1.807) is 0 Å². The summed E-state index contributed by atoms with van der Waals surface area (Å²) in [7, 11) is -22.1. The first kappa shape index (κ1) is 29.6. The highest BCUT2D eigenvalue weighted by Gasteiger charge is 2.47. The Labute approximate surface area is 198 Å². The molecule has 1 aromatic rings. The molecule has 2 aliphatic heterocycles. The van der Waals surface area contributed by atoms with Gasteiger partial charge in [-0.25, -0.2) is 28.2 Å². The number of aliphatic hydroxyl groups excluding tert-OH is 3. The van der Waals surface area contributed by atoms with Crippen LogP contribution in [0.2, 0.25) is 0 Å². The zero-order valence-corrected chi connectivity index (χ0v) is 20.6. The van der Waals surface area contributed by atoms with E-state index in [1.165, 1.54) is 0 Å². The number of imidazole rings is 1. The van der Waals surface area contributed by atoms with Gasteiger partial charge < -0.3 is 49.4 Å². The van der Waals surface area contributed by atoms with Gasteiger partial charge in [0, 0.05) is 0 Å². The third-order valence-corrected chi connectivity index (χ3v) is 8.41. The van der Waals surface area contributed by atoms with E-state index in [2.05, 4.69) is 27.7 Å². The van der Waals surface area contributed by atoms with Crippen LogP contribution in [0.1, 0.15) is 18.1 Å². The number of ether oxygens (including phenoxy) is 1. The summed E-state index contributed by atoms with van der Waals surface area (Å²) in [6.07, 6.45) is -6.85. The molecule has 2 aliphatic rings. The van der Waals surface area contributed by atoms with Crippen molar-refractivity contribution in [2.75, 3.05) is 6.61 Å². The lowest BCUT2D eigenvalue weighted by Crippen LogP contribution is -2.33. The molecular weight excluding hydrogens is 588 g/mol. The van der Waals surface area contributed by atoms with Gasteiger partial charge in [0.25, 0.3) is 0 Å². The first-order valence-corrected chi connectivity index (χ1v) is 15.0. The molecule has 0 aliphatic carbocycles. The maximum Gasteiger partial charge on any atom is 0.502 e. The molecule has 22 nitrogen and oxygen atoms in total. The maximum atomic E-state index is 12.0. The highest BCUT2D eigenvalue weighted by atomic mass is 31.3. The fourth-order valence-corrected chi connectivity index (χ4v) is 6.25. The maximum absolute atomic E-state index is 12.0. The van der Waals surface area contributed by atoms with Gasteiger partial charge >= 0.3 is 31.3 Å². The minimum Gasteiger partial charge on any atom is -0.387 e. The van der Waals surface area contributed by atoms with Gasteiger partial charge in [0.05, 0.1) is 12.9 Å². The summed E-state index contributed by atoms with van der Waals surface area (Å²) in [4.78, 5) is 60.9. The number of aromatic nitrogens is 2. The molecule has 7 atom stereocenters. The third-order valence-electron chi connectivity index (χ3n) is 4.21. The molecule has 1 fully saturated rings. The fraction of sp³-hybridized carbons (Fsp3) is 0.600. The SMILES string of the molecule is O=P(O)(O)OC[C@H]1O[C@@H](n2cnc3c2N=CN(OP(=O)(O)OP(=O)(O)OP(=O)(O)O)C3O)C(O)C1O. The molecule has 3 rings (SSSR count). The lowest BCUT2D eigenvalue weighted by molar-refractivity contribution is -0.129. The van der Waals surface area contributed by atoms with Gasteiger partial charge in [0.15, 0.2) is 18.3 Å². The minimum absolute atomic E-state index is 0.107. The second-order valence-corrected chi connectivity index (χ2v) is 12.4. The molecule has 9 N–H and O–H groups in total. The Morgan fingerprint density at radius 3 is 2.14 bits per heavy atom. The first-order chi connectivity index (χ1) is 16.3. The number of hydroxylamine groups is 2. The molecule has 1 aromatic heterocycles. The average Bonchev–Trinajstić information content (AvgIpc) is 3.21. The van der Waals surface area contributed by atoms with Crippen LogP contribution in [-0.4, -0.2) is 90.6 Å². The van der Waals surface area contributed by atoms with E-state index in [0.717, 1.165) is 10.9 Å². The molecule has 26 heteroatoms. The van der Waals surface area contributed by atoms with Gasteiger partial charge in [-0.1, -0.05) is 0 Å². The summed E-state index contributed by atoms with van der Waals surface area (Å²) in [6, 6.07) is 0. The van der Waals surface area contributed by atoms with E-state index in [9.17, 15) is 43.4 Å². The van der Waals surface area contributed by atoms with Crippen molar-refractivity contribution in [3.05, 3.63) is 12.0 Å². The summed E-state index contributed by atoms with van der Waals surface area (Å²) in [5, 5.41) is 30.8. The number of hydrogen-bond acceptors (Lipinski definition) is 15. The monoisotopic (exact) mass is 606 g/mol. The van der Waals surface area contributed by atoms with E-state index in [4.69, 9.17) is 24.3 Å². The van der Waals surface area contributed by atoms with E-state index in [0.29, 0.717) is 6.34 Å². The van der Waals surface area contributed by atoms with Crippen molar-refractivity contribution in [3.63, 3.8) is 0 Å². The van der Waals surface area contributed by atoms with E-state index < -0.39 is 74.4 Å². The summed E-state index contributed by atoms with van der Waals surface area (Å²) in [6.45, 7) is -0.810. The Bertz CT molecular complexity index is 1190. The lowest BCUT2D eigenvalue weighted by atomic mass is 10.1. The Balaban J connectivity index is 1.74. The van der Waals surface area contributed by atoms with E-state index in [-0.39, 0.29) is 10.9 Å². The minimum atomic E-state index is -5.84. The molecule has 0 radical (unpaired) electrons. The molecule has 1 saturated heterocycles. The van der Waals surface area contributed by atoms with E-state index in [1.807, 2.05) is 0 Å². The zero-order chi connectivity index (χ0) is 27.3. The van der Waals surface area contributed by atoms with Crippen molar-refractivity contribution in [3.8, 4) is 0 Å². The van der Waals surface area contributed by atoms with Gasteiger partial charge in [0.1, 0.15) is 30.3 Å². The number of phosphoric ester groups is 1. The van der Waals surface area contributed by atoms with Crippen LogP contribution in [0, 0.1) is 0 Å². The predicted molar refractivity (Wildman–Crippen MR) is 106 cm³/mol. The summed E-state index contributed by atoms with van der Waals surface area (Å²) in [5.41, 5.74) is -0.420. The van der Waals surface area contributed by atoms with Gasteiger partial charge in [-0.15, -0.1) is 0 Å². The molecule has 206 valence electrons. The van der Waals surface area contributed by atoms with Crippen molar-refractivity contribution < 1.29 is 85.4 Å². The van der Waals surface area contributed by atoms with Crippen LogP contribution in [0.4, 0.5) is 5.82 Å². The molecular formula is C10H18N4O18P4. The number of fused-ring (bicyclic) bond motifs is 1. The van der Waals surface area contributed by atoms with Gasteiger partial charge in [0.2, 0.25) is 0 Å². The fourth-order valence-electron chi connectivity index (χ4n) is 2.91. The quantitative estimate of drug-likeness (QED) is 0.128. The Morgan fingerprint density at radius 2 is 1.56 bits per heavy atom. The van der Waals surface area contributed by atoms with Gasteiger partial charge in [-0.05, 0) is 0 Å². The van der Waals surface area contributed by atoms with Crippen LogP contribution in [0.5, 0.6) is 0 Å². The summed E-state index contributed by atoms with van der Waals surface area (Å²) >= 11 is 0. The number of rotatable bonds is 10. The van der Waals surface area contributed by atoms with Gasteiger partial charge in [-0.3, -0.25) is 9.09 Å². The second kappa shape index (κ2) is 10.3. The molecule has 36 heavy (non-hydrogen) atoms. The van der Waals surface area contributed by atoms with Crippen LogP contribution in [-0.2, 0) is 40.8 Å². The Kier molecular flexibility index (Phi) is 8.47. The van der Waals surface area contributed by atoms with Crippen molar-refractivity contribution >= 4 is 43.4 Å². The molecule has 3 heterocycles. The number of phosphoric acid groups is 4. The van der Waals surface area contributed by atoms with Crippen LogP contribution in [0.25, 0.3) is 0 Å². The average molecular weight is 606 g/mol. The highest BCUT2D eigenvalue weighted by molar-refractivity contribution is 7.66. The second-order valence-electron chi connectivity index (χ2n) is 6.84. The number of aliphatic hydroxyl groups is 3. The smallest absolute Gasteiger partial charge is 0.387 e. The Hall–Kier alpha value is -0.960. The van der Waals surface area contributed by atoms with Gasteiger partial charge in [-0.2, -0.15) is 18.3 Å². The van der Waals surface area contributed by atoms with Crippen LogP contribution in [0.3, 0.4) is 0 Å². The number of hydrogen-bond donors (Lipinski definition) is 9. The molecule has 0 spiro atoms. The third kappa shape index (κ3) is 7.33. The normalized spacial score (nSPS) is 30.1. The molecule has 0 aromatic carbocycles. The van der Waals surface area contributed by atoms with Crippen LogP contribution >= 0.6 is 31.3 Å². The number of nitrogens with zero attached hydrogens (tertiary/aromatic N) is 4. The van der Waals surface area contributed by atoms with Crippen molar-refractivity contribution in [2.45, 2.75) is 30.8 Å². The van der Waals surface area contributed by atoms with Crippen molar-refractivity contribution in [1.29, 1.82) is 0 Å². The van der Waals surface area contributed by atoms with Crippen LogP contribution in [0.15, 0.2) is 11.3 Å². The first-order valence-electron chi connectivity index (χ1n) is 8.91. The standard InChI is InChI=1S/C10H18N4O18P4/c15-6-4(1-28-33(18,19)20)29-10(7(6)16)13-2-11-5-8(13)12-3-14(9(5)17)30-35(24,25)32-36(26,27)31-34(21,22)23/h2-4,6-7,9-10,15-17H,1H2,(H,24,25)(H,26,27)(H2,18,19,20)(H2,21,22,23)/t4-,6?,7?,9?,10-/m1/s1.